The minimum atomic E-state index is -3.35. The van der Waals surface area contributed by atoms with E-state index in [2.05, 4.69) is 14.9 Å². The van der Waals surface area contributed by atoms with E-state index >= 15 is 0 Å². The third kappa shape index (κ3) is 7.86. The first-order chi connectivity index (χ1) is 16.8. The van der Waals surface area contributed by atoms with Gasteiger partial charge in [0.05, 0.1) is 24.7 Å². The first-order valence-electron chi connectivity index (χ1n) is 11.2. The van der Waals surface area contributed by atoms with Crippen molar-refractivity contribution in [2.24, 2.45) is 10.9 Å². The van der Waals surface area contributed by atoms with Crippen molar-refractivity contribution >= 4 is 32.3 Å². The average molecular weight is 519 g/mol. The van der Waals surface area contributed by atoms with Gasteiger partial charge in [0, 0.05) is 16.0 Å². The van der Waals surface area contributed by atoms with E-state index in [0.717, 1.165) is 46.9 Å². The Balaban J connectivity index is 1.38. The quantitative estimate of drug-likeness (QED) is 0.0989. The fourth-order valence-electron chi connectivity index (χ4n) is 3.16. The lowest BCUT2D eigenvalue weighted by Crippen LogP contribution is -2.14. The highest BCUT2D eigenvalue weighted by Gasteiger charge is 2.14. The van der Waals surface area contributed by atoms with E-state index in [0.29, 0.717) is 23.9 Å². The van der Waals surface area contributed by atoms with Crippen LogP contribution in [0.25, 0.3) is 11.3 Å². The highest BCUT2D eigenvalue weighted by Crippen LogP contribution is 2.31. The van der Waals surface area contributed by atoms with Gasteiger partial charge in [-0.05, 0) is 81.6 Å². The predicted molar refractivity (Wildman–Crippen MR) is 139 cm³/mol. The van der Waals surface area contributed by atoms with Gasteiger partial charge < -0.3 is 20.4 Å². The molecule has 0 amide bonds. The van der Waals surface area contributed by atoms with Crippen LogP contribution in [0.15, 0.2) is 53.7 Å². The minimum Gasteiger partial charge on any atom is -0.494 e. The Labute approximate surface area is 209 Å². The molecule has 0 fully saturated rings. The second-order valence-electron chi connectivity index (χ2n) is 7.72. The molecule has 1 heterocycles. The molecule has 0 unspecified atom stereocenters. The van der Waals surface area contributed by atoms with Crippen molar-refractivity contribution in [1.82, 2.24) is 4.98 Å². The number of nitrogens with zero attached hydrogens (tertiary/aromatic N) is 2. The molecule has 0 spiro atoms. The molecule has 35 heavy (non-hydrogen) atoms. The van der Waals surface area contributed by atoms with Crippen molar-refractivity contribution in [1.29, 1.82) is 0 Å². The Morgan fingerprint density at radius 2 is 1.60 bits per heavy atom. The average Bonchev–Trinajstić information content (AvgIpc) is 3.22. The number of hydrogen-bond donors (Lipinski definition) is 3. The Bertz CT molecular complexity index is 1220. The number of aromatic nitrogens is 1. The molecule has 0 radical (unpaired) electrons. The number of unbranched alkanes of at least 4 members (excludes halogenated alkanes) is 2. The molecule has 4 N–H and O–H groups in total. The summed E-state index contributed by atoms with van der Waals surface area (Å²) in [5, 5.41) is 12.0. The number of nitrogens with two attached hydrogens (primary N) is 1. The van der Waals surface area contributed by atoms with Gasteiger partial charge >= 0.3 is 0 Å². The number of aryl methyl sites for hydroxylation is 1. The zero-order chi connectivity index (χ0) is 25.3. The van der Waals surface area contributed by atoms with Crippen LogP contribution in [0.2, 0.25) is 0 Å². The van der Waals surface area contributed by atoms with Crippen molar-refractivity contribution in [3.05, 3.63) is 59.0 Å². The van der Waals surface area contributed by atoms with Crippen LogP contribution >= 0.6 is 11.3 Å². The van der Waals surface area contributed by atoms with Crippen molar-refractivity contribution in [3.8, 4) is 22.8 Å². The van der Waals surface area contributed by atoms with E-state index in [1.807, 2.05) is 31.2 Å². The number of benzene rings is 2. The molecule has 1 aromatic heterocycles. The van der Waals surface area contributed by atoms with Crippen molar-refractivity contribution in [3.63, 3.8) is 0 Å². The summed E-state index contributed by atoms with van der Waals surface area (Å²) in [6.07, 6.45) is 2.77. The summed E-state index contributed by atoms with van der Waals surface area (Å²) in [5.74, 6) is 1.58. The van der Waals surface area contributed by atoms with Crippen LogP contribution in [-0.4, -0.2) is 43.4 Å². The van der Waals surface area contributed by atoms with E-state index in [1.54, 1.807) is 31.2 Å². The third-order valence-corrected chi connectivity index (χ3v) is 7.41. The number of oxime groups is 1. The molecule has 9 nitrogen and oxygen atoms in total. The summed E-state index contributed by atoms with van der Waals surface area (Å²) >= 11 is 1.32. The number of ether oxygens (including phenoxy) is 2. The smallest absolute Gasteiger partial charge is 0.234 e. The number of sulfonamides is 1. The monoisotopic (exact) mass is 518 g/mol. The highest BCUT2D eigenvalue weighted by atomic mass is 32.2. The molecule has 0 saturated heterocycles. The number of amidine groups is 1. The molecule has 2 aromatic carbocycles. The maximum Gasteiger partial charge on any atom is 0.234 e. The summed E-state index contributed by atoms with van der Waals surface area (Å²) in [6, 6.07) is 14.7. The zero-order valence-corrected chi connectivity index (χ0v) is 21.4. The molecule has 3 aromatic rings. The molecule has 0 saturated carbocycles. The standard InChI is InChI=1S/C24H30N4O5S2/c1-3-35(30,31)28-24-26-22(17(2)34-24)18-7-11-20(12-8-18)32-15-5-4-6-16-33-21-13-9-19(10-14-21)23(25)27-29/h7-14,29H,3-6,15-16H2,1-2H3,(H2,25,27)(H,26,28). The van der Waals surface area contributed by atoms with Gasteiger partial charge in [0.15, 0.2) is 11.0 Å². The summed E-state index contributed by atoms with van der Waals surface area (Å²) < 4.78 is 37.6. The Kier molecular flexibility index (Phi) is 9.32. The van der Waals surface area contributed by atoms with Crippen LogP contribution in [0, 0.1) is 6.92 Å². The van der Waals surface area contributed by atoms with Crippen molar-refractivity contribution < 1.29 is 23.1 Å². The fourth-order valence-corrected chi connectivity index (χ4v) is 4.85. The van der Waals surface area contributed by atoms with Crippen LogP contribution in [-0.2, 0) is 10.0 Å². The van der Waals surface area contributed by atoms with E-state index in [-0.39, 0.29) is 11.6 Å². The zero-order valence-electron chi connectivity index (χ0n) is 19.7. The molecule has 0 aliphatic carbocycles. The lowest BCUT2D eigenvalue weighted by molar-refractivity contribution is 0.279. The fraction of sp³-hybridized carbons (Fsp3) is 0.333. The second kappa shape index (κ2) is 12.4. The molecule has 0 aliphatic rings. The Hall–Kier alpha value is -3.31. The lowest BCUT2D eigenvalue weighted by atomic mass is 10.1. The second-order valence-corrected chi connectivity index (χ2v) is 10.9. The molecular formula is C24H30N4O5S2. The van der Waals surface area contributed by atoms with Gasteiger partial charge in [0.25, 0.3) is 0 Å². The predicted octanol–water partition coefficient (Wildman–Crippen LogP) is 4.60. The Morgan fingerprint density at radius 3 is 2.14 bits per heavy atom. The number of thiazole rings is 1. The normalized spacial score (nSPS) is 11.9. The van der Waals surface area contributed by atoms with Crippen LogP contribution in [0.4, 0.5) is 5.13 Å². The molecule has 0 bridgehead atoms. The topological polar surface area (TPSA) is 136 Å². The molecule has 11 heteroatoms. The molecule has 188 valence electrons. The number of rotatable bonds is 13. The van der Waals surface area contributed by atoms with Crippen LogP contribution < -0.4 is 19.9 Å². The maximum atomic E-state index is 11.8. The van der Waals surface area contributed by atoms with Gasteiger partial charge in [-0.2, -0.15) is 0 Å². The summed E-state index contributed by atoms with van der Waals surface area (Å²) in [7, 11) is -3.35. The first-order valence-corrected chi connectivity index (χ1v) is 13.7. The van der Waals surface area contributed by atoms with E-state index < -0.39 is 10.0 Å². The number of hydrogen-bond acceptors (Lipinski definition) is 8. The molecule has 0 aliphatic heterocycles. The first kappa shape index (κ1) is 26.3. The molecular weight excluding hydrogens is 488 g/mol. The SMILES string of the molecule is CCS(=O)(=O)Nc1nc(-c2ccc(OCCCCCOc3ccc(C(N)=NO)cc3)cc2)c(C)s1. The van der Waals surface area contributed by atoms with Gasteiger partial charge in [-0.25, -0.2) is 13.4 Å². The van der Waals surface area contributed by atoms with Gasteiger partial charge in [0.2, 0.25) is 10.0 Å². The van der Waals surface area contributed by atoms with Crippen LogP contribution in [0.3, 0.4) is 0 Å². The van der Waals surface area contributed by atoms with E-state index in [4.69, 9.17) is 20.4 Å². The maximum absolute atomic E-state index is 11.8. The summed E-state index contributed by atoms with van der Waals surface area (Å²) in [5.41, 5.74) is 7.84. The van der Waals surface area contributed by atoms with Gasteiger partial charge in [-0.15, -0.1) is 11.3 Å². The van der Waals surface area contributed by atoms with E-state index in [9.17, 15) is 8.42 Å². The van der Waals surface area contributed by atoms with Crippen LogP contribution in [0.1, 0.15) is 36.6 Å². The summed E-state index contributed by atoms with van der Waals surface area (Å²) in [6.45, 7) is 4.71. The lowest BCUT2D eigenvalue weighted by Gasteiger charge is -2.08. The van der Waals surface area contributed by atoms with Gasteiger partial charge in [0.1, 0.15) is 11.5 Å². The third-order valence-electron chi connectivity index (χ3n) is 5.13. The van der Waals surface area contributed by atoms with Crippen molar-refractivity contribution in [2.45, 2.75) is 33.1 Å². The number of nitrogens with one attached hydrogen (secondary N) is 1. The molecule has 3 rings (SSSR count). The minimum absolute atomic E-state index is 0.00592. The van der Waals surface area contributed by atoms with Crippen molar-refractivity contribution in [2.75, 3.05) is 23.7 Å². The highest BCUT2D eigenvalue weighted by molar-refractivity contribution is 7.92. The summed E-state index contributed by atoms with van der Waals surface area (Å²) in [4.78, 5) is 5.38. The van der Waals surface area contributed by atoms with E-state index in [1.165, 1.54) is 11.3 Å². The number of anilines is 1. The Morgan fingerprint density at radius 1 is 1.03 bits per heavy atom. The molecule has 0 atom stereocenters. The van der Waals surface area contributed by atoms with Gasteiger partial charge in [-0.1, -0.05) is 5.16 Å². The van der Waals surface area contributed by atoms with Crippen LogP contribution in [0.5, 0.6) is 11.5 Å². The van der Waals surface area contributed by atoms with Gasteiger partial charge in [-0.3, -0.25) is 4.72 Å². The largest absolute Gasteiger partial charge is 0.494 e.